The average Bonchev–Trinajstić information content (AvgIpc) is 3.69. The van der Waals surface area contributed by atoms with Crippen molar-refractivity contribution < 1.29 is 44.7 Å². The molecule has 0 spiro atoms. The highest BCUT2D eigenvalue weighted by Crippen LogP contribution is 2.48. The van der Waals surface area contributed by atoms with Gasteiger partial charge in [0.25, 0.3) is 0 Å². The highest BCUT2D eigenvalue weighted by molar-refractivity contribution is 5.78. The number of amides is 2. The van der Waals surface area contributed by atoms with E-state index in [2.05, 4.69) is 15.4 Å². The first-order valence-corrected chi connectivity index (χ1v) is 12.1. The van der Waals surface area contributed by atoms with Gasteiger partial charge in [-0.05, 0) is 53.8 Å². The van der Waals surface area contributed by atoms with Crippen LogP contribution in [0.3, 0.4) is 0 Å². The highest BCUT2D eigenvalue weighted by Gasteiger charge is 2.64. The van der Waals surface area contributed by atoms with Crippen LogP contribution in [-0.4, -0.2) is 30.0 Å². The number of ether oxygens (including phenoxy) is 1. The van der Waals surface area contributed by atoms with Crippen LogP contribution in [0.15, 0.2) is 72.8 Å². The van der Waals surface area contributed by atoms with E-state index < -0.39 is 52.9 Å². The molecule has 0 saturated heterocycles. The van der Waals surface area contributed by atoms with E-state index in [4.69, 9.17) is 5.26 Å². The number of hydrogen-bond acceptors (Lipinski definition) is 3. The molecule has 1 fully saturated rings. The van der Waals surface area contributed by atoms with E-state index >= 15 is 0 Å². The summed E-state index contributed by atoms with van der Waals surface area (Å²) >= 11 is 0. The molecule has 41 heavy (non-hydrogen) atoms. The number of hydrogen-bond donors (Lipinski definition) is 2. The number of urea groups is 1. The van der Waals surface area contributed by atoms with Gasteiger partial charge in [0.1, 0.15) is 29.0 Å². The van der Waals surface area contributed by atoms with Crippen LogP contribution < -0.4 is 15.4 Å². The van der Waals surface area contributed by atoms with Gasteiger partial charge in [0.2, 0.25) is 0 Å². The summed E-state index contributed by atoms with van der Waals surface area (Å²) in [4.78, 5) is 13.3. The predicted molar refractivity (Wildman–Crippen MR) is 129 cm³/mol. The second kappa shape index (κ2) is 10.9. The van der Waals surface area contributed by atoms with Gasteiger partial charge in [0.15, 0.2) is 0 Å². The van der Waals surface area contributed by atoms with E-state index in [0.29, 0.717) is 11.6 Å². The molecule has 0 bridgehead atoms. The fourth-order valence-electron chi connectivity index (χ4n) is 4.46. The largest absolute Gasteiger partial charge is 0.461 e. The molecule has 0 radical (unpaired) electrons. The quantitative estimate of drug-likeness (QED) is 0.262. The number of nitriles is 1. The lowest BCUT2D eigenvalue weighted by atomic mass is 9.77. The fourth-order valence-corrected chi connectivity index (χ4v) is 4.46. The van der Waals surface area contributed by atoms with Crippen LogP contribution in [0.1, 0.15) is 29.5 Å². The maximum atomic E-state index is 14.8. The molecule has 1 unspecified atom stereocenters. The van der Waals surface area contributed by atoms with Crippen molar-refractivity contribution in [2.24, 2.45) is 0 Å². The normalized spacial score (nSPS) is 15.9. The summed E-state index contributed by atoms with van der Waals surface area (Å²) in [5.41, 5.74) is -3.99. The van der Waals surface area contributed by atoms with Crippen molar-refractivity contribution >= 4 is 6.03 Å². The van der Waals surface area contributed by atoms with Crippen LogP contribution in [-0.2, 0) is 12.0 Å². The van der Waals surface area contributed by atoms with Gasteiger partial charge in [0, 0.05) is 12.5 Å². The second-order valence-corrected chi connectivity index (χ2v) is 9.56. The molecule has 2 amide bonds. The van der Waals surface area contributed by atoms with E-state index in [1.807, 2.05) is 0 Å². The summed E-state index contributed by atoms with van der Waals surface area (Å²) in [6.07, 6.45) is -10.0. The minimum atomic E-state index is -5.00. The molecule has 0 heterocycles. The maximum Gasteiger partial charge on any atom is 0.461 e. The maximum absolute atomic E-state index is 14.8. The van der Waals surface area contributed by atoms with E-state index in [1.165, 1.54) is 12.1 Å². The van der Waals surface area contributed by atoms with Crippen molar-refractivity contribution in [3.63, 3.8) is 0 Å². The van der Waals surface area contributed by atoms with E-state index in [-0.39, 0.29) is 30.4 Å². The van der Waals surface area contributed by atoms with E-state index in [1.54, 1.807) is 30.3 Å². The third kappa shape index (κ3) is 6.21. The molecule has 1 aliphatic rings. The van der Waals surface area contributed by atoms with Crippen molar-refractivity contribution in [1.29, 1.82) is 5.26 Å². The summed E-state index contributed by atoms with van der Waals surface area (Å²) in [5, 5.41) is 13.5. The van der Waals surface area contributed by atoms with Gasteiger partial charge in [-0.15, -0.1) is 0 Å². The third-order valence-corrected chi connectivity index (χ3v) is 6.69. The first-order valence-electron chi connectivity index (χ1n) is 12.1. The summed E-state index contributed by atoms with van der Waals surface area (Å²) in [7, 11) is 0. The summed E-state index contributed by atoms with van der Waals surface area (Å²) in [6, 6.07) is 14.0. The molecule has 216 valence electrons. The molecule has 2 N–H and O–H groups in total. The molecule has 3 aromatic rings. The zero-order valence-electron chi connectivity index (χ0n) is 20.9. The highest BCUT2D eigenvalue weighted by atomic mass is 19.3. The van der Waals surface area contributed by atoms with Crippen molar-refractivity contribution in [1.82, 2.24) is 10.6 Å². The average molecular weight is 583 g/mol. The lowest BCUT2D eigenvalue weighted by Gasteiger charge is -2.37. The van der Waals surface area contributed by atoms with Gasteiger partial charge >= 0.3 is 24.5 Å². The Morgan fingerprint density at radius 1 is 0.927 bits per heavy atom. The van der Waals surface area contributed by atoms with Crippen LogP contribution in [0, 0.1) is 23.0 Å². The van der Waals surface area contributed by atoms with Crippen molar-refractivity contribution in [3.8, 4) is 11.8 Å². The number of carbonyl (C=O) groups is 1. The molecule has 1 saturated carbocycles. The number of nitrogens with one attached hydrogen (secondary N) is 2. The van der Waals surface area contributed by atoms with Crippen LogP contribution in [0.4, 0.5) is 39.9 Å². The summed E-state index contributed by atoms with van der Waals surface area (Å²) < 4.78 is 115. The fraction of sp³-hybridized carbons (Fsp3) is 0.286. The molecule has 3 aromatic carbocycles. The van der Waals surface area contributed by atoms with Gasteiger partial charge < -0.3 is 15.4 Å². The molecule has 0 aromatic heterocycles. The second-order valence-electron chi connectivity index (χ2n) is 9.56. The first kappa shape index (κ1) is 29.6. The number of benzene rings is 3. The van der Waals surface area contributed by atoms with Gasteiger partial charge in [-0.25, -0.2) is 13.6 Å². The Balaban J connectivity index is 1.88. The summed E-state index contributed by atoms with van der Waals surface area (Å²) in [6.45, 7) is 0. The van der Waals surface area contributed by atoms with Crippen LogP contribution in [0.5, 0.6) is 5.75 Å². The van der Waals surface area contributed by atoms with Gasteiger partial charge in [-0.3, -0.25) is 0 Å². The Hall–Kier alpha value is -4.34. The Morgan fingerprint density at radius 2 is 1.56 bits per heavy atom. The predicted octanol–water partition coefficient (Wildman–Crippen LogP) is 6.68. The molecular weight excluding hydrogens is 562 g/mol. The molecule has 13 heteroatoms. The SMILES string of the molecule is N#CC(F)(F)C1(NC(=O)NC(Cc2ccccc2)(c2ccc(F)cc2)c2cc(F)cc(OC(F)(F)C(F)F)c2)CC1. The summed E-state index contributed by atoms with van der Waals surface area (Å²) in [5.74, 6) is -6.90. The minimum Gasteiger partial charge on any atom is -0.428 e. The number of halogens is 8. The lowest BCUT2D eigenvalue weighted by Crippen LogP contribution is -2.58. The number of carbonyl (C=O) groups excluding carboxylic acids is 1. The zero-order valence-corrected chi connectivity index (χ0v) is 20.9. The lowest BCUT2D eigenvalue weighted by molar-refractivity contribution is -0.253. The molecule has 4 rings (SSSR count). The smallest absolute Gasteiger partial charge is 0.428 e. The topological polar surface area (TPSA) is 74.2 Å². The minimum absolute atomic E-state index is 0.0481. The standard InChI is InChI=1S/C28H21F8N3O2/c29-20-8-6-18(7-9-20)26(15-17-4-2-1-3-5-17,39-24(40)38-25(10-11-25)27(33,34)16-37)19-12-21(30)14-22(13-19)41-28(35,36)23(31)32/h1-9,12-14,23H,10-11,15H2,(H2,38,39,40). The van der Waals surface area contributed by atoms with Crippen molar-refractivity contribution in [3.05, 3.63) is 101 Å². The van der Waals surface area contributed by atoms with Crippen LogP contribution >= 0.6 is 0 Å². The zero-order chi connectivity index (χ0) is 30.1. The number of rotatable bonds is 10. The van der Waals surface area contributed by atoms with Crippen molar-refractivity contribution in [2.45, 2.75) is 48.8 Å². The third-order valence-electron chi connectivity index (χ3n) is 6.69. The van der Waals surface area contributed by atoms with Crippen molar-refractivity contribution in [2.75, 3.05) is 0 Å². The molecule has 1 aliphatic carbocycles. The molecule has 1 atom stereocenters. The Morgan fingerprint density at radius 3 is 2.12 bits per heavy atom. The van der Waals surface area contributed by atoms with Crippen LogP contribution in [0.2, 0.25) is 0 Å². The Kier molecular flexibility index (Phi) is 7.89. The number of alkyl halides is 6. The Bertz CT molecular complexity index is 1440. The van der Waals surface area contributed by atoms with Gasteiger partial charge in [0.05, 0.1) is 5.54 Å². The van der Waals surface area contributed by atoms with Gasteiger partial charge in [-0.2, -0.15) is 31.6 Å². The Labute approximate surface area is 228 Å². The van der Waals surface area contributed by atoms with E-state index in [0.717, 1.165) is 30.3 Å². The molecule has 5 nitrogen and oxygen atoms in total. The monoisotopic (exact) mass is 583 g/mol. The van der Waals surface area contributed by atoms with Gasteiger partial charge in [-0.1, -0.05) is 42.5 Å². The molecular formula is C28H21F8N3O2. The van der Waals surface area contributed by atoms with Crippen LogP contribution in [0.25, 0.3) is 0 Å². The number of nitrogens with zero attached hydrogens (tertiary/aromatic N) is 1. The molecule has 0 aliphatic heterocycles. The van der Waals surface area contributed by atoms with E-state index in [9.17, 15) is 39.9 Å². The first-order chi connectivity index (χ1) is 19.2.